The van der Waals surface area contributed by atoms with Crippen LogP contribution in [0, 0.1) is 5.82 Å². The molecule has 0 saturated carbocycles. The molecule has 114 valence electrons. The fourth-order valence-electron chi connectivity index (χ4n) is 2.26. The summed E-state index contributed by atoms with van der Waals surface area (Å²) in [4.78, 5) is 16.2. The topological polar surface area (TPSA) is 47.9 Å². The Hall–Kier alpha value is -1.79. The number of hydrogen-bond donors (Lipinski definition) is 1. The summed E-state index contributed by atoms with van der Waals surface area (Å²) >= 11 is 0. The average Bonchev–Trinajstić information content (AvgIpc) is 2.50. The van der Waals surface area contributed by atoms with Crippen LogP contribution in [-0.4, -0.2) is 61.2 Å². The Morgan fingerprint density at radius 2 is 1.95 bits per heavy atom. The van der Waals surface area contributed by atoms with Crippen LogP contribution in [-0.2, 0) is 4.79 Å². The second-order valence-electron chi connectivity index (χ2n) is 5.03. The summed E-state index contributed by atoms with van der Waals surface area (Å²) in [7, 11) is 0. The Bertz CT molecular complexity index is 498. The van der Waals surface area contributed by atoms with Crippen molar-refractivity contribution in [1.82, 2.24) is 15.2 Å². The van der Waals surface area contributed by atoms with E-state index in [0.29, 0.717) is 12.1 Å². The van der Waals surface area contributed by atoms with E-state index >= 15 is 0 Å². The van der Waals surface area contributed by atoms with Crippen LogP contribution in [0.25, 0.3) is 0 Å². The van der Waals surface area contributed by atoms with Crippen LogP contribution >= 0.6 is 0 Å². The molecule has 1 amide bonds. The Morgan fingerprint density at radius 3 is 2.62 bits per heavy atom. The van der Waals surface area contributed by atoms with Crippen LogP contribution in [0.3, 0.4) is 0 Å². The fourth-order valence-corrected chi connectivity index (χ4v) is 2.26. The second-order valence-corrected chi connectivity index (χ2v) is 5.03. The van der Waals surface area contributed by atoms with E-state index < -0.39 is 0 Å². The number of halogens is 1. The first-order valence-electron chi connectivity index (χ1n) is 7.20. The van der Waals surface area contributed by atoms with Crippen molar-refractivity contribution in [1.29, 1.82) is 0 Å². The molecule has 0 radical (unpaired) electrons. The molecular weight excluding hydrogens is 271 g/mol. The van der Waals surface area contributed by atoms with Gasteiger partial charge in [0.1, 0.15) is 5.82 Å². The molecule has 0 bridgehead atoms. The Labute approximate surface area is 124 Å². The molecular formula is C15H21FN4O. The van der Waals surface area contributed by atoms with Gasteiger partial charge >= 0.3 is 0 Å². The third kappa shape index (κ3) is 4.91. The van der Waals surface area contributed by atoms with Crippen molar-refractivity contribution < 1.29 is 9.18 Å². The molecule has 6 heteroatoms. The summed E-state index contributed by atoms with van der Waals surface area (Å²) in [5, 5.41) is 3.80. The standard InChI is InChI=1S/C15H21FN4O/c1-2-19-7-9-20(10-8-19)12-15(21)18-17-11-13-5-3-4-6-14(13)16/h3-6,11H,2,7-10,12H2,1H3,(H,18,21). The van der Waals surface area contributed by atoms with E-state index in [4.69, 9.17) is 0 Å². The molecule has 1 aliphatic heterocycles. The lowest BCUT2D eigenvalue weighted by atomic mass is 10.2. The van der Waals surface area contributed by atoms with Gasteiger partial charge in [-0.2, -0.15) is 5.10 Å². The van der Waals surface area contributed by atoms with Gasteiger partial charge in [-0.05, 0) is 12.6 Å². The van der Waals surface area contributed by atoms with Gasteiger partial charge in [0, 0.05) is 31.7 Å². The Morgan fingerprint density at radius 1 is 1.29 bits per heavy atom. The molecule has 1 fully saturated rings. The molecule has 0 atom stereocenters. The Balaban J connectivity index is 1.74. The van der Waals surface area contributed by atoms with Crippen molar-refractivity contribution in [2.75, 3.05) is 39.3 Å². The lowest BCUT2D eigenvalue weighted by molar-refractivity contribution is -0.122. The molecule has 1 saturated heterocycles. The highest BCUT2D eigenvalue weighted by atomic mass is 19.1. The monoisotopic (exact) mass is 292 g/mol. The number of carbonyl (C=O) groups is 1. The smallest absolute Gasteiger partial charge is 0.254 e. The van der Waals surface area contributed by atoms with Crippen molar-refractivity contribution in [3.8, 4) is 0 Å². The minimum Gasteiger partial charge on any atom is -0.301 e. The second kappa shape index (κ2) is 7.85. The summed E-state index contributed by atoms with van der Waals surface area (Å²) in [6.45, 7) is 7.26. The number of nitrogens with zero attached hydrogens (tertiary/aromatic N) is 3. The van der Waals surface area contributed by atoms with E-state index in [9.17, 15) is 9.18 Å². The number of piperazine rings is 1. The largest absolute Gasteiger partial charge is 0.301 e. The number of amides is 1. The fraction of sp³-hybridized carbons (Fsp3) is 0.467. The highest BCUT2D eigenvalue weighted by molar-refractivity contribution is 5.83. The van der Waals surface area contributed by atoms with Crippen molar-refractivity contribution in [2.45, 2.75) is 6.92 Å². The quantitative estimate of drug-likeness (QED) is 0.648. The van der Waals surface area contributed by atoms with E-state index in [1.54, 1.807) is 18.2 Å². The molecule has 21 heavy (non-hydrogen) atoms. The van der Waals surface area contributed by atoms with Gasteiger partial charge in [-0.3, -0.25) is 9.69 Å². The van der Waals surface area contributed by atoms with Crippen LogP contribution < -0.4 is 5.43 Å². The van der Waals surface area contributed by atoms with Gasteiger partial charge in [0.15, 0.2) is 0 Å². The minimum absolute atomic E-state index is 0.174. The number of rotatable bonds is 5. The van der Waals surface area contributed by atoms with E-state index in [1.807, 2.05) is 0 Å². The molecule has 5 nitrogen and oxygen atoms in total. The minimum atomic E-state index is -0.355. The SMILES string of the molecule is CCN1CCN(CC(=O)NN=Cc2ccccc2F)CC1. The Kier molecular flexibility index (Phi) is 5.83. The first-order valence-corrected chi connectivity index (χ1v) is 7.20. The maximum Gasteiger partial charge on any atom is 0.254 e. The lowest BCUT2D eigenvalue weighted by Gasteiger charge is -2.33. The molecule has 1 heterocycles. The predicted octanol–water partition coefficient (Wildman–Crippen LogP) is 0.913. The lowest BCUT2D eigenvalue weighted by Crippen LogP contribution is -2.48. The van der Waals surface area contributed by atoms with Gasteiger partial charge in [0.25, 0.3) is 5.91 Å². The zero-order valence-electron chi connectivity index (χ0n) is 12.3. The van der Waals surface area contributed by atoms with Gasteiger partial charge < -0.3 is 4.90 Å². The third-order valence-electron chi connectivity index (χ3n) is 3.58. The maximum atomic E-state index is 13.3. The zero-order valence-corrected chi connectivity index (χ0v) is 12.3. The first kappa shape index (κ1) is 15.6. The van der Waals surface area contributed by atoms with Crippen LogP contribution in [0.1, 0.15) is 12.5 Å². The number of benzene rings is 1. The van der Waals surface area contributed by atoms with Gasteiger partial charge in [0.05, 0.1) is 12.8 Å². The molecule has 1 aromatic rings. The molecule has 0 aliphatic carbocycles. The normalized spacial score (nSPS) is 17.2. The van der Waals surface area contributed by atoms with E-state index in [0.717, 1.165) is 32.7 Å². The van der Waals surface area contributed by atoms with E-state index in [2.05, 4.69) is 27.3 Å². The number of nitrogens with one attached hydrogen (secondary N) is 1. The van der Waals surface area contributed by atoms with Crippen LogP contribution in [0.4, 0.5) is 4.39 Å². The van der Waals surface area contributed by atoms with Gasteiger partial charge in [-0.15, -0.1) is 0 Å². The van der Waals surface area contributed by atoms with Crippen molar-refractivity contribution >= 4 is 12.1 Å². The van der Waals surface area contributed by atoms with Crippen LogP contribution in [0.15, 0.2) is 29.4 Å². The van der Waals surface area contributed by atoms with Gasteiger partial charge in [-0.25, -0.2) is 9.82 Å². The number of carbonyl (C=O) groups excluding carboxylic acids is 1. The summed E-state index contributed by atoms with van der Waals surface area (Å²) in [6, 6.07) is 6.30. The van der Waals surface area contributed by atoms with Crippen molar-refractivity contribution in [3.63, 3.8) is 0 Å². The molecule has 2 rings (SSSR count). The van der Waals surface area contributed by atoms with Crippen LogP contribution in [0.2, 0.25) is 0 Å². The first-order chi connectivity index (χ1) is 10.2. The molecule has 1 aromatic carbocycles. The summed E-state index contributed by atoms with van der Waals surface area (Å²) in [5.41, 5.74) is 2.80. The van der Waals surface area contributed by atoms with Crippen molar-refractivity contribution in [3.05, 3.63) is 35.6 Å². The highest BCUT2D eigenvalue weighted by Gasteiger charge is 2.17. The number of hydrogen-bond acceptors (Lipinski definition) is 4. The highest BCUT2D eigenvalue weighted by Crippen LogP contribution is 2.03. The molecule has 0 spiro atoms. The summed E-state index contributed by atoms with van der Waals surface area (Å²) in [6.07, 6.45) is 1.32. The molecule has 0 aromatic heterocycles. The predicted molar refractivity (Wildman–Crippen MR) is 80.7 cm³/mol. The van der Waals surface area contributed by atoms with E-state index in [-0.39, 0.29) is 11.7 Å². The molecule has 0 unspecified atom stereocenters. The summed E-state index contributed by atoms with van der Waals surface area (Å²) in [5.74, 6) is -0.529. The van der Waals surface area contributed by atoms with Crippen LogP contribution in [0.5, 0.6) is 0 Å². The van der Waals surface area contributed by atoms with E-state index in [1.165, 1.54) is 12.3 Å². The third-order valence-corrected chi connectivity index (χ3v) is 3.58. The van der Waals surface area contributed by atoms with Gasteiger partial charge in [-0.1, -0.05) is 25.1 Å². The zero-order chi connectivity index (χ0) is 15.1. The maximum absolute atomic E-state index is 13.3. The van der Waals surface area contributed by atoms with Crippen molar-refractivity contribution in [2.24, 2.45) is 5.10 Å². The average molecular weight is 292 g/mol. The molecule has 1 N–H and O–H groups in total. The number of likely N-dealkylation sites (N-methyl/N-ethyl adjacent to an activating group) is 1. The van der Waals surface area contributed by atoms with Gasteiger partial charge in [0.2, 0.25) is 0 Å². The molecule has 1 aliphatic rings. The number of hydrazone groups is 1. The summed E-state index contributed by atoms with van der Waals surface area (Å²) < 4.78 is 13.3.